The van der Waals surface area contributed by atoms with Gasteiger partial charge >= 0.3 is 0 Å². The van der Waals surface area contributed by atoms with Crippen molar-refractivity contribution in [2.45, 2.75) is 13.3 Å². The summed E-state index contributed by atoms with van der Waals surface area (Å²) in [7, 11) is 0. The predicted octanol–water partition coefficient (Wildman–Crippen LogP) is 2.70. The van der Waals surface area contributed by atoms with Crippen LogP contribution in [0.1, 0.15) is 12.0 Å². The highest BCUT2D eigenvalue weighted by Gasteiger charge is 2.04. The van der Waals surface area contributed by atoms with Gasteiger partial charge in [-0.25, -0.2) is 4.39 Å². The van der Waals surface area contributed by atoms with Crippen LogP contribution in [0, 0.1) is 12.7 Å². The molecule has 0 bridgehead atoms. The summed E-state index contributed by atoms with van der Waals surface area (Å²) in [5, 5.41) is 2.59. The van der Waals surface area contributed by atoms with Gasteiger partial charge in [0.1, 0.15) is 5.82 Å². The van der Waals surface area contributed by atoms with Gasteiger partial charge < -0.3 is 5.32 Å². The minimum atomic E-state index is -0.364. The molecule has 0 saturated heterocycles. The van der Waals surface area contributed by atoms with Crippen molar-refractivity contribution in [1.29, 1.82) is 0 Å². The van der Waals surface area contributed by atoms with Crippen LogP contribution in [0.4, 0.5) is 10.1 Å². The standard InChI is InChI=1S/C10H11ClFNO/c1-7-2-3-8(12)6-9(7)13-10(14)4-5-11/h2-3,6H,4-5H2,1H3,(H,13,14). The van der Waals surface area contributed by atoms with Gasteiger partial charge in [-0.3, -0.25) is 4.79 Å². The Hall–Kier alpha value is -1.09. The van der Waals surface area contributed by atoms with E-state index in [-0.39, 0.29) is 24.0 Å². The van der Waals surface area contributed by atoms with Crippen molar-refractivity contribution in [3.8, 4) is 0 Å². The van der Waals surface area contributed by atoms with Crippen LogP contribution in [0.15, 0.2) is 18.2 Å². The summed E-state index contributed by atoms with van der Waals surface area (Å²) in [5.74, 6) is -0.300. The van der Waals surface area contributed by atoms with E-state index in [0.29, 0.717) is 5.69 Å². The molecule has 0 saturated carbocycles. The van der Waals surface area contributed by atoms with Crippen LogP contribution in [0.3, 0.4) is 0 Å². The number of carbonyl (C=O) groups excluding carboxylic acids is 1. The van der Waals surface area contributed by atoms with E-state index in [1.54, 1.807) is 13.0 Å². The highest BCUT2D eigenvalue weighted by atomic mass is 35.5. The van der Waals surface area contributed by atoms with E-state index < -0.39 is 0 Å². The van der Waals surface area contributed by atoms with Crippen molar-refractivity contribution in [1.82, 2.24) is 0 Å². The molecule has 1 amide bonds. The Bertz CT molecular complexity index is 341. The molecule has 14 heavy (non-hydrogen) atoms. The average molecular weight is 216 g/mol. The molecule has 1 N–H and O–H groups in total. The first kappa shape index (κ1) is 11.0. The smallest absolute Gasteiger partial charge is 0.225 e. The molecule has 1 aromatic carbocycles. The zero-order chi connectivity index (χ0) is 10.6. The number of halogens is 2. The molecule has 0 aliphatic rings. The Morgan fingerprint density at radius 2 is 2.29 bits per heavy atom. The van der Waals surface area contributed by atoms with E-state index in [1.165, 1.54) is 12.1 Å². The topological polar surface area (TPSA) is 29.1 Å². The number of anilines is 1. The van der Waals surface area contributed by atoms with Crippen molar-refractivity contribution in [2.75, 3.05) is 11.2 Å². The van der Waals surface area contributed by atoms with Crippen LogP contribution in [-0.4, -0.2) is 11.8 Å². The fraction of sp³-hybridized carbons (Fsp3) is 0.300. The average Bonchev–Trinajstić information content (AvgIpc) is 2.12. The lowest BCUT2D eigenvalue weighted by molar-refractivity contribution is -0.115. The maximum absolute atomic E-state index is 12.8. The molecule has 1 rings (SSSR count). The van der Waals surface area contributed by atoms with Crippen molar-refractivity contribution >= 4 is 23.2 Å². The lowest BCUT2D eigenvalue weighted by Crippen LogP contribution is -2.12. The monoisotopic (exact) mass is 215 g/mol. The third-order valence-corrected chi connectivity index (χ3v) is 1.98. The molecule has 0 heterocycles. The molecule has 0 unspecified atom stereocenters. The van der Waals surface area contributed by atoms with E-state index in [0.717, 1.165) is 5.56 Å². The van der Waals surface area contributed by atoms with Gasteiger partial charge in [-0.05, 0) is 24.6 Å². The minimum absolute atomic E-state index is 0.200. The highest BCUT2D eigenvalue weighted by Crippen LogP contribution is 2.15. The normalized spacial score (nSPS) is 9.93. The van der Waals surface area contributed by atoms with Crippen LogP contribution in [0.2, 0.25) is 0 Å². The Kier molecular flexibility index (Phi) is 3.89. The number of rotatable bonds is 3. The second kappa shape index (κ2) is 4.96. The van der Waals surface area contributed by atoms with Crippen molar-refractivity contribution in [3.63, 3.8) is 0 Å². The lowest BCUT2D eigenvalue weighted by Gasteiger charge is -2.07. The molecule has 4 heteroatoms. The fourth-order valence-corrected chi connectivity index (χ4v) is 1.20. The second-order valence-corrected chi connectivity index (χ2v) is 3.32. The number of nitrogens with one attached hydrogen (secondary N) is 1. The molecule has 0 aliphatic carbocycles. The van der Waals surface area contributed by atoms with Gasteiger partial charge in [0, 0.05) is 18.0 Å². The fourth-order valence-electron chi connectivity index (χ4n) is 1.03. The molecular weight excluding hydrogens is 205 g/mol. The Labute approximate surface area is 87.1 Å². The number of alkyl halides is 1. The van der Waals surface area contributed by atoms with Crippen LogP contribution in [0.25, 0.3) is 0 Å². The van der Waals surface area contributed by atoms with Gasteiger partial charge in [0.05, 0.1) is 0 Å². The molecule has 2 nitrogen and oxygen atoms in total. The molecule has 0 aromatic heterocycles. The van der Waals surface area contributed by atoms with E-state index in [9.17, 15) is 9.18 Å². The molecule has 0 fully saturated rings. The maximum atomic E-state index is 12.8. The van der Waals surface area contributed by atoms with Crippen molar-refractivity contribution in [3.05, 3.63) is 29.6 Å². The van der Waals surface area contributed by atoms with Crippen molar-refractivity contribution in [2.24, 2.45) is 0 Å². The number of carbonyl (C=O) groups is 1. The summed E-state index contributed by atoms with van der Waals surface area (Å²) in [6.07, 6.45) is 0.234. The number of hydrogen-bond donors (Lipinski definition) is 1. The first-order valence-electron chi connectivity index (χ1n) is 4.25. The Morgan fingerprint density at radius 3 is 2.93 bits per heavy atom. The van der Waals surface area contributed by atoms with E-state index in [4.69, 9.17) is 11.6 Å². The van der Waals surface area contributed by atoms with Gasteiger partial charge in [0.25, 0.3) is 0 Å². The van der Waals surface area contributed by atoms with Crippen LogP contribution < -0.4 is 5.32 Å². The Balaban J connectivity index is 2.75. The molecule has 0 radical (unpaired) electrons. The first-order chi connectivity index (χ1) is 6.63. The minimum Gasteiger partial charge on any atom is -0.326 e. The van der Waals surface area contributed by atoms with Crippen LogP contribution in [0.5, 0.6) is 0 Å². The van der Waals surface area contributed by atoms with Gasteiger partial charge in [-0.2, -0.15) is 0 Å². The number of benzene rings is 1. The third kappa shape index (κ3) is 3.00. The van der Waals surface area contributed by atoms with Crippen LogP contribution >= 0.6 is 11.6 Å². The second-order valence-electron chi connectivity index (χ2n) is 2.95. The summed E-state index contributed by atoms with van der Waals surface area (Å²) >= 11 is 5.40. The summed E-state index contributed by atoms with van der Waals surface area (Å²) in [6, 6.07) is 4.26. The van der Waals surface area contributed by atoms with Gasteiger partial charge in [-0.1, -0.05) is 6.07 Å². The van der Waals surface area contributed by atoms with Gasteiger partial charge in [0.2, 0.25) is 5.91 Å². The summed E-state index contributed by atoms with van der Waals surface area (Å²) < 4.78 is 12.8. The summed E-state index contributed by atoms with van der Waals surface area (Å²) in [4.78, 5) is 11.2. The van der Waals surface area contributed by atoms with E-state index in [2.05, 4.69) is 5.32 Å². The summed E-state index contributed by atoms with van der Waals surface area (Å²) in [6.45, 7) is 1.80. The van der Waals surface area contributed by atoms with Crippen molar-refractivity contribution < 1.29 is 9.18 Å². The predicted molar refractivity (Wildman–Crippen MR) is 55.1 cm³/mol. The van der Waals surface area contributed by atoms with Gasteiger partial charge in [0.15, 0.2) is 0 Å². The summed E-state index contributed by atoms with van der Waals surface area (Å²) in [5.41, 5.74) is 1.33. The molecule has 0 atom stereocenters. The maximum Gasteiger partial charge on any atom is 0.225 e. The SMILES string of the molecule is Cc1ccc(F)cc1NC(=O)CCCl. The zero-order valence-corrected chi connectivity index (χ0v) is 8.57. The third-order valence-electron chi connectivity index (χ3n) is 1.80. The first-order valence-corrected chi connectivity index (χ1v) is 4.79. The number of hydrogen-bond acceptors (Lipinski definition) is 1. The molecule has 76 valence electrons. The zero-order valence-electron chi connectivity index (χ0n) is 7.81. The quantitative estimate of drug-likeness (QED) is 0.772. The van der Waals surface area contributed by atoms with E-state index >= 15 is 0 Å². The number of aryl methyl sites for hydroxylation is 1. The van der Waals surface area contributed by atoms with Crippen LogP contribution in [-0.2, 0) is 4.79 Å². The largest absolute Gasteiger partial charge is 0.326 e. The molecular formula is C10H11ClFNO. The Morgan fingerprint density at radius 1 is 1.57 bits per heavy atom. The number of amides is 1. The lowest BCUT2D eigenvalue weighted by atomic mass is 10.2. The molecule has 0 aliphatic heterocycles. The molecule has 1 aromatic rings. The van der Waals surface area contributed by atoms with Gasteiger partial charge in [-0.15, -0.1) is 11.6 Å². The highest BCUT2D eigenvalue weighted by molar-refractivity contribution is 6.19. The van der Waals surface area contributed by atoms with E-state index in [1.807, 2.05) is 0 Å². The molecule has 0 spiro atoms.